The lowest BCUT2D eigenvalue weighted by atomic mass is 9.89. The van der Waals surface area contributed by atoms with E-state index in [1.54, 1.807) is 0 Å². The molecule has 0 rings (SSSR count). The van der Waals surface area contributed by atoms with Crippen LogP contribution < -0.4 is 0 Å². The van der Waals surface area contributed by atoms with Crippen molar-refractivity contribution < 1.29 is 0 Å². The lowest BCUT2D eigenvalue weighted by molar-refractivity contribution is 0.899. The van der Waals surface area contributed by atoms with Gasteiger partial charge in [-0.2, -0.15) is 0 Å². The first-order chi connectivity index (χ1) is 5.11. The van der Waals surface area contributed by atoms with Crippen molar-refractivity contribution in [3.05, 3.63) is 36.6 Å². The Morgan fingerprint density at radius 2 is 2.18 bits per heavy atom. The van der Waals surface area contributed by atoms with E-state index in [4.69, 9.17) is 0 Å². The number of hydrogen-bond donors (Lipinski definition) is 0. The van der Waals surface area contributed by atoms with Crippen molar-refractivity contribution in [1.29, 1.82) is 0 Å². The van der Waals surface area contributed by atoms with E-state index in [9.17, 15) is 0 Å². The molecule has 0 aromatic rings. The average Bonchev–Trinajstić information content (AvgIpc) is 2.02. The summed E-state index contributed by atoms with van der Waals surface area (Å²) in [6.07, 6.45) is 3.85. The molecule has 0 radical (unpaired) electrons. The summed E-state index contributed by atoms with van der Waals surface area (Å²) in [5.41, 5.74) is 2.18. The normalized spacial score (nSPS) is 10.5. The van der Waals surface area contributed by atoms with E-state index in [1.165, 1.54) is 0 Å². The van der Waals surface area contributed by atoms with Gasteiger partial charge in [0.1, 0.15) is 0 Å². The molecule has 0 aliphatic carbocycles. The van der Waals surface area contributed by atoms with Crippen LogP contribution in [0.25, 0.3) is 0 Å². The quantitative estimate of drug-likeness (QED) is 0.421. The summed E-state index contributed by atoms with van der Waals surface area (Å²) in [5.74, 6) is 0. The van der Waals surface area contributed by atoms with Gasteiger partial charge >= 0.3 is 0 Å². The zero-order valence-electron chi connectivity index (χ0n) is 7.72. The van der Waals surface area contributed by atoms with Gasteiger partial charge in [-0.1, -0.05) is 26.1 Å². The smallest absolute Gasteiger partial charge is 0.218 e. The van der Waals surface area contributed by atoms with Crippen LogP contribution in [0.3, 0.4) is 0 Å². The number of allylic oxidation sites excluding steroid dienone is 3. The van der Waals surface area contributed by atoms with Gasteiger partial charge in [0.05, 0.1) is 0 Å². The summed E-state index contributed by atoms with van der Waals surface area (Å²) in [7, 11) is 3.01. The molecule has 0 fully saturated rings. The Kier molecular flexibility index (Phi) is 4.51. The molecular formula is C8H15B2N. The molecule has 0 atom stereocenters. The second-order valence-electron chi connectivity index (χ2n) is 2.60. The maximum atomic E-state index is 3.92. The molecule has 1 nitrogen and oxygen atoms in total. The molecule has 0 bridgehead atoms. The molecule has 0 saturated carbocycles. The molecule has 0 aromatic heterocycles. The third kappa shape index (κ3) is 3.76. The van der Waals surface area contributed by atoms with Crippen molar-refractivity contribution in [1.82, 2.24) is 4.72 Å². The minimum absolute atomic E-state index is 0.986. The van der Waals surface area contributed by atoms with Crippen molar-refractivity contribution in [3.8, 4) is 0 Å². The molecular weight excluding hydrogens is 132 g/mol. The van der Waals surface area contributed by atoms with Crippen molar-refractivity contribution in [2.75, 3.05) is 0 Å². The Bertz CT molecular complexity index is 185. The standard InChI is InChI=1S/C8H15B2N/c1-5-7(2)6-8(3)11(9)10-4/h5-6,10H,1,3,9H2,2,4H3/b7-6-. The van der Waals surface area contributed by atoms with Crippen LogP contribution in [-0.4, -0.2) is 20.1 Å². The second kappa shape index (κ2) is 4.89. The fourth-order valence-corrected chi connectivity index (χ4v) is 0.635. The van der Waals surface area contributed by atoms with E-state index in [0.717, 1.165) is 18.7 Å². The van der Waals surface area contributed by atoms with Gasteiger partial charge in [0.25, 0.3) is 0 Å². The molecule has 0 N–H and O–H groups in total. The maximum absolute atomic E-state index is 3.92. The van der Waals surface area contributed by atoms with Gasteiger partial charge in [0.15, 0.2) is 0 Å². The van der Waals surface area contributed by atoms with Crippen LogP contribution in [0.15, 0.2) is 36.6 Å². The van der Waals surface area contributed by atoms with E-state index in [2.05, 4.69) is 24.7 Å². The van der Waals surface area contributed by atoms with Crippen molar-refractivity contribution in [2.24, 2.45) is 0 Å². The fourth-order valence-electron chi connectivity index (χ4n) is 0.635. The van der Waals surface area contributed by atoms with Gasteiger partial charge in [-0.05, 0) is 18.6 Å². The highest BCUT2D eigenvalue weighted by atomic mass is 14.9. The van der Waals surface area contributed by atoms with E-state index in [0.29, 0.717) is 0 Å². The first kappa shape index (κ1) is 10.1. The largest absolute Gasteiger partial charge is 0.470 e. The number of nitrogens with zero attached hydrogens (tertiary/aromatic N) is 1. The van der Waals surface area contributed by atoms with Gasteiger partial charge < -0.3 is 4.72 Å². The van der Waals surface area contributed by atoms with E-state index in [1.807, 2.05) is 27.1 Å². The van der Waals surface area contributed by atoms with Crippen molar-refractivity contribution >= 4 is 15.4 Å². The Hall–Kier alpha value is -0.850. The van der Waals surface area contributed by atoms with Gasteiger partial charge in [0.2, 0.25) is 15.4 Å². The third-order valence-electron chi connectivity index (χ3n) is 1.68. The predicted molar refractivity (Wildman–Crippen MR) is 56.5 cm³/mol. The van der Waals surface area contributed by atoms with E-state index in [-0.39, 0.29) is 0 Å². The molecule has 0 aliphatic heterocycles. The highest BCUT2D eigenvalue weighted by Gasteiger charge is 1.94. The minimum Gasteiger partial charge on any atom is -0.470 e. The summed E-state index contributed by atoms with van der Waals surface area (Å²) in [6, 6.07) is 0. The molecule has 0 aromatic carbocycles. The molecule has 0 aliphatic rings. The molecule has 0 heterocycles. The highest BCUT2D eigenvalue weighted by molar-refractivity contribution is 6.41. The van der Waals surface area contributed by atoms with Gasteiger partial charge in [-0.25, -0.2) is 0 Å². The van der Waals surface area contributed by atoms with Gasteiger partial charge in [-0.3, -0.25) is 0 Å². The monoisotopic (exact) mass is 147 g/mol. The second-order valence-corrected chi connectivity index (χ2v) is 2.60. The Labute approximate surface area is 71.2 Å². The summed E-state index contributed by atoms with van der Waals surface area (Å²) in [4.78, 5) is 0. The predicted octanol–water partition coefficient (Wildman–Crippen LogP) is 0.882. The van der Waals surface area contributed by atoms with E-state index >= 15 is 0 Å². The summed E-state index contributed by atoms with van der Waals surface area (Å²) < 4.78 is 2.09. The minimum atomic E-state index is 0.986. The third-order valence-corrected chi connectivity index (χ3v) is 1.68. The summed E-state index contributed by atoms with van der Waals surface area (Å²) in [6.45, 7) is 11.7. The van der Waals surface area contributed by atoms with Crippen LogP contribution in [-0.2, 0) is 0 Å². The van der Waals surface area contributed by atoms with Crippen LogP contribution in [0.4, 0.5) is 0 Å². The average molecular weight is 147 g/mol. The Morgan fingerprint density at radius 3 is 2.55 bits per heavy atom. The molecule has 11 heavy (non-hydrogen) atoms. The van der Waals surface area contributed by atoms with Crippen LogP contribution in [0, 0.1) is 0 Å². The van der Waals surface area contributed by atoms with Gasteiger partial charge in [0, 0.05) is 5.70 Å². The summed E-state index contributed by atoms with van der Waals surface area (Å²) >= 11 is 0. The lowest BCUT2D eigenvalue weighted by Gasteiger charge is -2.16. The SMILES string of the molecule is BN(BC)C(=C)/C=C(/C)C=C. The van der Waals surface area contributed by atoms with Crippen LogP contribution in [0.5, 0.6) is 0 Å². The zero-order chi connectivity index (χ0) is 8.85. The molecule has 0 amide bonds. The molecule has 3 heteroatoms. The molecule has 58 valence electrons. The maximum Gasteiger partial charge on any atom is 0.218 e. The molecule has 0 spiro atoms. The zero-order valence-corrected chi connectivity index (χ0v) is 7.72. The fraction of sp³-hybridized carbons (Fsp3) is 0.250. The van der Waals surface area contributed by atoms with Gasteiger partial charge in [-0.15, -0.1) is 0 Å². The number of hydrogen-bond acceptors (Lipinski definition) is 1. The number of rotatable bonds is 4. The molecule has 0 saturated heterocycles. The first-order valence-electron chi connectivity index (χ1n) is 3.82. The first-order valence-corrected chi connectivity index (χ1v) is 3.82. The van der Waals surface area contributed by atoms with Crippen LogP contribution in [0.1, 0.15) is 6.92 Å². The summed E-state index contributed by atoms with van der Waals surface area (Å²) in [5, 5.41) is 0. The Balaban J connectivity index is 4.16. The molecule has 0 unspecified atom stereocenters. The van der Waals surface area contributed by atoms with Crippen LogP contribution in [0.2, 0.25) is 6.82 Å². The van der Waals surface area contributed by atoms with Crippen molar-refractivity contribution in [3.63, 3.8) is 0 Å². The highest BCUT2D eigenvalue weighted by Crippen LogP contribution is 2.02. The topological polar surface area (TPSA) is 3.24 Å². The Morgan fingerprint density at radius 1 is 1.64 bits per heavy atom. The van der Waals surface area contributed by atoms with Crippen LogP contribution >= 0.6 is 0 Å². The lowest BCUT2D eigenvalue weighted by Crippen LogP contribution is -2.19. The van der Waals surface area contributed by atoms with E-state index < -0.39 is 0 Å². The van der Waals surface area contributed by atoms with Crippen molar-refractivity contribution in [2.45, 2.75) is 13.7 Å².